The van der Waals surface area contributed by atoms with Crippen LogP contribution in [0.3, 0.4) is 0 Å². The number of rotatable bonds is 8. The van der Waals surface area contributed by atoms with Crippen molar-refractivity contribution in [3.05, 3.63) is 53.9 Å². The minimum Gasteiger partial charge on any atom is -0.357 e. The molecule has 2 N–H and O–H groups in total. The quantitative estimate of drug-likeness (QED) is 0.552. The predicted octanol–water partition coefficient (Wildman–Crippen LogP) is 3.47. The van der Waals surface area contributed by atoms with Crippen LogP contribution in [0.5, 0.6) is 0 Å². The first kappa shape index (κ1) is 19.4. The maximum atomic E-state index is 14.2. The van der Waals surface area contributed by atoms with E-state index in [0.29, 0.717) is 19.0 Å². The molecule has 0 aliphatic heterocycles. The van der Waals surface area contributed by atoms with Gasteiger partial charge in [-0.25, -0.2) is 14.4 Å². The van der Waals surface area contributed by atoms with E-state index in [9.17, 15) is 4.39 Å². The monoisotopic (exact) mass is 371 g/mol. The predicted molar refractivity (Wildman–Crippen MR) is 107 cm³/mol. The third-order valence-corrected chi connectivity index (χ3v) is 4.98. The van der Waals surface area contributed by atoms with Crippen molar-refractivity contribution in [2.45, 2.75) is 52.1 Å². The van der Waals surface area contributed by atoms with Crippen molar-refractivity contribution in [1.82, 2.24) is 20.2 Å². The molecule has 1 heterocycles. The minimum atomic E-state index is -0.116. The molecule has 1 aliphatic carbocycles. The van der Waals surface area contributed by atoms with Crippen LogP contribution >= 0.6 is 0 Å². The van der Waals surface area contributed by atoms with Gasteiger partial charge in [0.15, 0.2) is 5.96 Å². The normalized spacial score (nSPS) is 15.8. The number of hydrogen-bond acceptors (Lipinski definition) is 2. The lowest BCUT2D eigenvalue weighted by molar-refractivity contribution is 0.507. The maximum absolute atomic E-state index is 14.2. The van der Waals surface area contributed by atoms with Crippen LogP contribution in [-0.4, -0.2) is 28.6 Å². The molecule has 2 aromatic rings. The molecule has 5 nitrogen and oxygen atoms in total. The number of nitrogens with one attached hydrogen (secondary N) is 2. The van der Waals surface area contributed by atoms with Gasteiger partial charge in [0.1, 0.15) is 18.2 Å². The number of guanidine groups is 1. The number of aromatic nitrogens is 2. The molecule has 0 bridgehead atoms. The summed E-state index contributed by atoms with van der Waals surface area (Å²) in [6.07, 6.45) is 5.83. The van der Waals surface area contributed by atoms with Gasteiger partial charge in [-0.05, 0) is 37.3 Å². The Bertz CT molecular complexity index is 776. The molecule has 1 aromatic heterocycles. The highest BCUT2D eigenvalue weighted by Crippen LogP contribution is 2.48. The SMILES string of the molecule is CCNC(=NCc1nccn1CC(C)C)NCC1(c2ccccc2F)CC1. The van der Waals surface area contributed by atoms with Gasteiger partial charge in [-0.2, -0.15) is 0 Å². The van der Waals surface area contributed by atoms with Crippen molar-refractivity contribution in [1.29, 1.82) is 0 Å². The Morgan fingerprint density at radius 3 is 2.74 bits per heavy atom. The summed E-state index contributed by atoms with van der Waals surface area (Å²) in [6, 6.07) is 7.10. The highest BCUT2D eigenvalue weighted by Gasteiger charge is 2.45. The first-order chi connectivity index (χ1) is 13.0. The third-order valence-electron chi connectivity index (χ3n) is 4.98. The van der Waals surface area contributed by atoms with Crippen molar-refractivity contribution in [3.8, 4) is 0 Å². The summed E-state index contributed by atoms with van der Waals surface area (Å²) in [7, 11) is 0. The van der Waals surface area contributed by atoms with Crippen LogP contribution in [0.2, 0.25) is 0 Å². The summed E-state index contributed by atoms with van der Waals surface area (Å²) in [5, 5.41) is 6.69. The molecule has 0 spiro atoms. The van der Waals surface area contributed by atoms with Gasteiger partial charge in [-0.15, -0.1) is 0 Å². The Labute approximate surface area is 161 Å². The molecule has 0 saturated heterocycles. The van der Waals surface area contributed by atoms with Crippen LogP contribution in [0.15, 0.2) is 41.7 Å². The summed E-state index contributed by atoms with van der Waals surface area (Å²) in [6.45, 7) is 9.33. The van der Waals surface area contributed by atoms with E-state index in [4.69, 9.17) is 0 Å². The Kier molecular flexibility index (Phi) is 6.14. The molecule has 1 aliphatic rings. The Balaban J connectivity index is 1.65. The standard InChI is InChI=1S/C21H30FN5/c1-4-23-20(25-13-19-24-11-12-27(19)14-16(2)3)26-15-21(9-10-21)17-7-5-6-8-18(17)22/h5-8,11-12,16H,4,9-10,13-15H2,1-3H3,(H2,23,25,26). The number of nitrogens with zero attached hydrogens (tertiary/aromatic N) is 3. The fraction of sp³-hybridized carbons (Fsp3) is 0.524. The molecule has 0 unspecified atom stereocenters. The first-order valence-electron chi connectivity index (χ1n) is 9.81. The number of halogens is 1. The zero-order chi connectivity index (χ0) is 19.3. The number of benzene rings is 1. The van der Waals surface area contributed by atoms with Crippen LogP contribution < -0.4 is 10.6 Å². The zero-order valence-corrected chi connectivity index (χ0v) is 16.5. The van der Waals surface area contributed by atoms with E-state index in [1.807, 2.05) is 31.5 Å². The molecule has 1 fully saturated rings. The van der Waals surface area contributed by atoms with Gasteiger partial charge in [-0.1, -0.05) is 32.0 Å². The lowest BCUT2D eigenvalue weighted by Gasteiger charge is -2.19. The smallest absolute Gasteiger partial charge is 0.191 e. The van der Waals surface area contributed by atoms with Gasteiger partial charge in [-0.3, -0.25) is 0 Å². The van der Waals surface area contributed by atoms with Crippen LogP contribution in [0.1, 0.15) is 45.0 Å². The number of imidazole rings is 1. The fourth-order valence-electron chi connectivity index (χ4n) is 3.38. The highest BCUT2D eigenvalue weighted by molar-refractivity contribution is 5.79. The second-order valence-corrected chi connectivity index (χ2v) is 7.70. The second-order valence-electron chi connectivity index (χ2n) is 7.70. The first-order valence-corrected chi connectivity index (χ1v) is 9.81. The van der Waals surface area contributed by atoms with E-state index in [1.54, 1.807) is 12.1 Å². The summed E-state index contributed by atoms with van der Waals surface area (Å²) in [5.74, 6) is 2.15. The zero-order valence-electron chi connectivity index (χ0n) is 16.5. The van der Waals surface area contributed by atoms with Crippen molar-refractivity contribution in [2.75, 3.05) is 13.1 Å². The molecule has 3 rings (SSSR count). The third kappa shape index (κ3) is 4.87. The van der Waals surface area contributed by atoms with Crippen molar-refractivity contribution in [2.24, 2.45) is 10.9 Å². The molecule has 1 aromatic carbocycles. The molecule has 1 saturated carbocycles. The molecule has 146 valence electrons. The van der Waals surface area contributed by atoms with Crippen LogP contribution in [0, 0.1) is 11.7 Å². The Morgan fingerprint density at radius 2 is 2.07 bits per heavy atom. The van der Waals surface area contributed by atoms with Crippen molar-refractivity contribution in [3.63, 3.8) is 0 Å². The molecule has 0 atom stereocenters. The minimum absolute atomic E-state index is 0.113. The topological polar surface area (TPSA) is 54.2 Å². The Hall–Kier alpha value is -2.37. The molecule has 0 amide bonds. The second kappa shape index (κ2) is 8.55. The van der Waals surface area contributed by atoms with E-state index in [0.717, 1.165) is 43.3 Å². The average molecular weight is 372 g/mol. The highest BCUT2D eigenvalue weighted by atomic mass is 19.1. The summed E-state index contributed by atoms with van der Waals surface area (Å²) in [4.78, 5) is 9.12. The summed E-state index contributed by atoms with van der Waals surface area (Å²) >= 11 is 0. The van der Waals surface area contributed by atoms with E-state index in [1.165, 1.54) is 0 Å². The van der Waals surface area contributed by atoms with Gasteiger partial charge in [0.25, 0.3) is 0 Å². The van der Waals surface area contributed by atoms with E-state index in [2.05, 4.69) is 39.0 Å². The van der Waals surface area contributed by atoms with E-state index >= 15 is 0 Å². The lowest BCUT2D eigenvalue weighted by Crippen LogP contribution is -2.41. The van der Waals surface area contributed by atoms with Crippen LogP contribution in [0.25, 0.3) is 0 Å². The van der Waals surface area contributed by atoms with E-state index in [-0.39, 0.29) is 11.2 Å². The van der Waals surface area contributed by atoms with Crippen molar-refractivity contribution < 1.29 is 4.39 Å². The molecule has 0 radical (unpaired) electrons. The fourth-order valence-corrected chi connectivity index (χ4v) is 3.38. The van der Waals surface area contributed by atoms with Gasteiger partial charge in [0.2, 0.25) is 0 Å². The summed E-state index contributed by atoms with van der Waals surface area (Å²) < 4.78 is 16.3. The largest absolute Gasteiger partial charge is 0.357 e. The average Bonchev–Trinajstić information content (AvgIpc) is 3.30. The van der Waals surface area contributed by atoms with Crippen LogP contribution in [-0.2, 0) is 18.5 Å². The maximum Gasteiger partial charge on any atom is 0.191 e. The van der Waals surface area contributed by atoms with Gasteiger partial charge in [0, 0.05) is 37.4 Å². The Morgan fingerprint density at radius 1 is 1.30 bits per heavy atom. The molecular formula is C21H30FN5. The number of hydrogen-bond donors (Lipinski definition) is 2. The number of aliphatic imine (C=N–C) groups is 1. The molecule has 6 heteroatoms. The van der Waals surface area contributed by atoms with Gasteiger partial charge in [0.05, 0.1) is 0 Å². The van der Waals surface area contributed by atoms with Crippen LogP contribution in [0.4, 0.5) is 4.39 Å². The molecule has 27 heavy (non-hydrogen) atoms. The molecular weight excluding hydrogens is 341 g/mol. The van der Waals surface area contributed by atoms with Gasteiger partial charge < -0.3 is 15.2 Å². The van der Waals surface area contributed by atoms with E-state index < -0.39 is 0 Å². The lowest BCUT2D eigenvalue weighted by atomic mass is 9.95. The summed E-state index contributed by atoms with van der Waals surface area (Å²) in [5.41, 5.74) is 0.693. The van der Waals surface area contributed by atoms with Gasteiger partial charge >= 0.3 is 0 Å². The van der Waals surface area contributed by atoms with Crippen molar-refractivity contribution >= 4 is 5.96 Å².